The first-order valence-electron chi connectivity index (χ1n) is 5.35. The summed E-state index contributed by atoms with van der Waals surface area (Å²) in [5.74, 6) is 1.17. The van der Waals surface area contributed by atoms with Crippen molar-refractivity contribution in [2.45, 2.75) is 25.1 Å². The summed E-state index contributed by atoms with van der Waals surface area (Å²) in [5.41, 5.74) is 2.09. The number of hydrogen-bond acceptors (Lipinski definition) is 3. The largest absolute Gasteiger partial charge is 0.419 e. The molecule has 2 aromatic rings. The molecule has 0 spiro atoms. The number of benzene rings is 1. The van der Waals surface area contributed by atoms with E-state index in [1.807, 2.05) is 25.1 Å². The summed E-state index contributed by atoms with van der Waals surface area (Å²) < 4.78 is 6.62. The van der Waals surface area contributed by atoms with Crippen LogP contribution < -0.4 is 0 Å². The maximum absolute atomic E-state index is 5.66. The summed E-state index contributed by atoms with van der Waals surface area (Å²) in [6, 6.07) is 6.04. The van der Waals surface area contributed by atoms with Gasteiger partial charge in [-0.2, -0.15) is 0 Å². The molecule has 90 valence electrons. The van der Waals surface area contributed by atoms with E-state index in [9.17, 15) is 0 Å². The Labute approximate surface area is 117 Å². The van der Waals surface area contributed by atoms with E-state index in [0.29, 0.717) is 11.8 Å². The smallest absolute Gasteiger partial charge is 0.248 e. The maximum Gasteiger partial charge on any atom is 0.248 e. The second-order valence-corrected chi connectivity index (χ2v) is 5.76. The van der Waals surface area contributed by atoms with E-state index in [2.05, 4.69) is 49.0 Å². The fourth-order valence-corrected chi connectivity index (χ4v) is 2.05. The normalized spacial score (nSPS) is 12.7. The molecular weight excluding hydrogens is 348 g/mol. The average molecular weight is 360 g/mol. The Morgan fingerprint density at radius 3 is 2.82 bits per heavy atom. The lowest BCUT2D eigenvalue weighted by atomic mass is 10.1. The van der Waals surface area contributed by atoms with Crippen LogP contribution in [-0.4, -0.2) is 10.2 Å². The van der Waals surface area contributed by atoms with E-state index < -0.39 is 0 Å². The Bertz CT molecular complexity index is 525. The second kappa shape index (κ2) is 5.31. The highest BCUT2D eigenvalue weighted by Crippen LogP contribution is 2.31. The zero-order valence-electron chi connectivity index (χ0n) is 9.58. The van der Waals surface area contributed by atoms with Crippen LogP contribution in [0.2, 0.25) is 0 Å². The van der Waals surface area contributed by atoms with Crippen LogP contribution in [0.5, 0.6) is 0 Å². The molecule has 0 bridgehead atoms. The van der Waals surface area contributed by atoms with Crippen molar-refractivity contribution in [2.75, 3.05) is 0 Å². The van der Waals surface area contributed by atoms with E-state index in [1.165, 1.54) is 0 Å². The molecule has 0 radical (unpaired) electrons. The van der Waals surface area contributed by atoms with E-state index in [1.54, 1.807) is 0 Å². The van der Waals surface area contributed by atoms with Crippen molar-refractivity contribution < 1.29 is 4.42 Å². The lowest BCUT2D eigenvalue weighted by Gasteiger charge is -2.01. The lowest BCUT2D eigenvalue weighted by Crippen LogP contribution is -1.86. The summed E-state index contributed by atoms with van der Waals surface area (Å²) in [5, 5.41) is 8.13. The van der Waals surface area contributed by atoms with Crippen molar-refractivity contribution in [3.8, 4) is 11.5 Å². The minimum Gasteiger partial charge on any atom is -0.419 e. The molecule has 1 heterocycles. The number of hydrogen-bond donors (Lipinski definition) is 0. The van der Waals surface area contributed by atoms with E-state index in [4.69, 9.17) is 4.42 Å². The summed E-state index contributed by atoms with van der Waals surface area (Å²) in [6.07, 6.45) is 0.913. The Balaban J connectivity index is 2.40. The summed E-state index contributed by atoms with van der Waals surface area (Å²) >= 11 is 6.99. The van der Waals surface area contributed by atoms with Crippen LogP contribution >= 0.6 is 31.9 Å². The highest BCUT2D eigenvalue weighted by atomic mass is 79.9. The van der Waals surface area contributed by atoms with Gasteiger partial charge in [-0.15, -0.1) is 10.2 Å². The van der Waals surface area contributed by atoms with E-state index >= 15 is 0 Å². The van der Waals surface area contributed by atoms with Gasteiger partial charge in [-0.25, -0.2) is 0 Å². The number of aromatic nitrogens is 2. The molecule has 0 aliphatic carbocycles. The molecule has 0 aliphatic rings. The Morgan fingerprint density at radius 2 is 2.12 bits per heavy atom. The van der Waals surface area contributed by atoms with Gasteiger partial charge in [-0.05, 0) is 41.4 Å². The van der Waals surface area contributed by atoms with Gasteiger partial charge in [-0.3, -0.25) is 0 Å². The quantitative estimate of drug-likeness (QED) is 0.748. The molecule has 0 aliphatic heterocycles. The third-order valence-electron chi connectivity index (χ3n) is 2.42. The summed E-state index contributed by atoms with van der Waals surface area (Å²) in [4.78, 5) is 0.118. The number of aryl methyl sites for hydroxylation is 1. The predicted octanol–water partition coefficient (Wildman–Crippen LogP) is 4.65. The van der Waals surface area contributed by atoms with Gasteiger partial charge >= 0.3 is 0 Å². The summed E-state index contributed by atoms with van der Waals surface area (Å²) in [7, 11) is 0. The van der Waals surface area contributed by atoms with Crippen molar-refractivity contribution in [3.63, 3.8) is 0 Å². The Kier molecular flexibility index (Phi) is 3.99. The van der Waals surface area contributed by atoms with Crippen LogP contribution in [-0.2, 0) is 0 Å². The van der Waals surface area contributed by atoms with Gasteiger partial charge < -0.3 is 4.42 Å². The molecule has 0 amide bonds. The third-order valence-corrected chi connectivity index (χ3v) is 4.15. The molecule has 17 heavy (non-hydrogen) atoms. The monoisotopic (exact) mass is 358 g/mol. The first kappa shape index (κ1) is 12.8. The standard InChI is InChI=1S/C12H12Br2N2O/c1-3-9(13)12-16-15-11(17-12)8-6-7(2)4-5-10(8)14/h4-6,9H,3H2,1-2H3. The lowest BCUT2D eigenvalue weighted by molar-refractivity contribution is 0.500. The van der Waals surface area contributed by atoms with Crippen LogP contribution in [0.1, 0.15) is 29.6 Å². The molecule has 1 aromatic carbocycles. The Morgan fingerprint density at radius 1 is 1.35 bits per heavy atom. The molecule has 1 aromatic heterocycles. The van der Waals surface area contributed by atoms with Crippen LogP contribution in [0.25, 0.3) is 11.5 Å². The minimum atomic E-state index is 0.118. The fraction of sp³-hybridized carbons (Fsp3) is 0.333. The zero-order valence-corrected chi connectivity index (χ0v) is 12.7. The highest BCUT2D eigenvalue weighted by molar-refractivity contribution is 9.10. The van der Waals surface area contributed by atoms with Gasteiger partial charge in [0.05, 0.1) is 10.4 Å². The predicted molar refractivity (Wildman–Crippen MR) is 74.1 cm³/mol. The topological polar surface area (TPSA) is 38.9 Å². The van der Waals surface area contributed by atoms with Crippen LogP contribution in [0.4, 0.5) is 0 Å². The average Bonchev–Trinajstić information content (AvgIpc) is 2.80. The van der Waals surface area contributed by atoms with Crippen molar-refractivity contribution >= 4 is 31.9 Å². The molecular formula is C12H12Br2N2O. The fourth-order valence-electron chi connectivity index (χ4n) is 1.45. The molecule has 0 fully saturated rings. The maximum atomic E-state index is 5.66. The summed E-state index contributed by atoms with van der Waals surface area (Å²) in [6.45, 7) is 4.10. The zero-order chi connectivity index (χ0) is 12.4. The van der Waals surface area contributed by atoms with E-state index in [-0.39, 0.29) is 4.83 Å². The Hall–Kier alpha value is -0.680. The molecule has 3 nitrogen and oxygen atoms in total. The van der Waals surface area contributed by atoms with Crippen LogP contribution in [0, 0.1) is 6.92 Å². The van der Waals surface area contributed by atoms with Crippen molar-refractivity contribution in [3.05, 3.63) is 34.1 Å². The molecule has 0 saturated carbocycles. The third kappa shape index (κ3) is 2.77. The van der Waals surface area contributed by atoms with Crippen LogP contribution in [0.3, 0.4) is 0 Å². The number of nitrogens with zero attached hydrogens (tertiary/aromatic N) is 2. The molecule has 0 saturated heterocycles. The number of alkyl halides is 1. The molecule has 2 rings (SSSR count). The number of rotatable bonds is 3. The van der Waals surface area contributed by atoms with Crippen molar-refractivity contribution in [1.29, 1.82) is 0 Å². The van der Waals surface area contributed by atoms with Crippen molar-refractivity contribution in [2.24, 2.45) is 0 Å². The van der Waals surface area contributed by atoms with Crippen LogP contribution in [0.15, 0.2) is 27.1 Å². The van der Waals surface area contributed by atoms with Gasteiger partial charge in [0.15, 0.2) is 0 Å². The van der Waals surface area contributed by atoms with E-state index in [0.717, 1.165) is 22.0 Å². The van der Waals surface area contributed by atoms with Gasteiger partial charge in [0.25, 0.3) is 0 Å². The minimum absolute atomic E-state index is 0.118. The SMILES string of the molecule is CCC(Br)c1nnc(-c2cc(C)ccc2Br)o1. The van der Waals surface area contributed by atoms with Gasteiger partial charge in [0.2, 0.25) is 11.8 Å². The van der Waals surface area contributed by atoms with Gasteiger partial charge in [0, 0.05) is 4.47 Å². The van der Waals surface area contributed by atoms with Gasteiger partial charge in [-0.1, -0.05) is 34.5 Å². The molecule has 0 N–H and O–H groups in total. The molecule has 1 unspecified atom stereocenters. The number of halogens is 2. The molecule has 5 heteroatoms. The molecule has 1 atom stereocenters. The first-order valence-corrected chi connectivity index (χ1v) is 7.06. The second-order valence-electron chi connectivity index (χ2n) is 3.80. The highest BCUT2D eigenvalue weighted by Gasteiger charge is 2.16. The van der Waals surface area contributed by atoms with Gasteiger partial charge in [0.1, 0.15) is 0 Å². The van der Waals surface area contributed by atoms with Crippen molar-refractivity contribution in [1.82, 2.24) is 10.2 Å². The first-order chi connectivity index (χ1) is 8.11.